The van der Waals surface area contributed by atoms with Crippen LogP contribution in [-0.4, -0.2) is 27.4 Å². The lowest BCUT2D eigenvalue weighted by Crippen LogP contribution is -2.50. The van der Waals surface area contributed by atoms with Gasteiger partial charge in [0.1, 0.15) is 11.1 Å². The first kappa shape index (κ1) is 17.2. The van der Waals surface area contributed by atoms with Crippen LogP contribution >= 0.6 is 0 Å². The van der Waals surface area contributed by atoms with E-state index in [1.54, 1.807) is 30.3 Å². The largest absolute Gasteiger partial charge is 0.444 e. The minimum absolute atomic E-state index is 0.0638. The monoisotopic (exact) mass is 375 g/mol. The molecule has 0 spiro atoms. The number of aromatic nitrogens is 2. The van der Waals surface area contributed by atoms with Crippen molar-refractivity contribution >= 4 is 17.0 Å². The molecule has 3 aromatic rings. The number of furan rings is 1. The van der Waals surface area contributed by atoms with E-state index in [0.717, 1.165) is 4.57 Å². The summed E-state index contributed by atoms with van der Waals surface area (Å²) >= 11 is 0. The molecular weight excluding hydrogens is 360 g/mol. The Morgan fingerprint density at radius 1 is 1.26 bits per heavy atom. The third kappa shape index (κ3) is 2.84. The second-order valence-corrected chi connectivity index (χ2v) is 6.58. The van der Waals surface area contributed by atoms with Gasteiger partial charge in [-0.2, -0.15) is 0 Å². The lowest BCUT2D eigenvalue weighted by Gasteiger charge is -2.35. The maximum atomic E-state index is 13.0. The molecule has 2 aromatic heterocycles. The molecule has 1 aromatic carbocycles. The number of halogens is 2. The molecule has 0 saturated heterocycles. The van der Waals surface area contributed by atoms with Crippen molar-refractivity contribution < 1.29 is 18.0 Å². The van der Waals surface area contributed by atoms with Gasteiger partial charge in [-0.25, -0.2) is 18.1 Å². The van der Waals surface area contributed by atoms with Gasteiger partial charge in [0.05, 0.1) is 11.3 Å². The first-order chi connectivity index (χ1) is 12.8. The van der Waals surface area contributed by atoms with Crippen LogP contribution in [0.25, 0.3) is 16.8 Å². The summed E-state index contributed by atoms with van der Waals surface area (Å²) in [5, 5.41) is 2.39. The van der Waals surface area contributed by atoms with Crippen LogP contribution in [0.4, 0.5) is 8.78 Å². The van der Waals surface area contributed by atoms with E-state index in [1.165, 1.54) is 6.92 Å². The second kappa shape index (κ2) is 5.90. The number of hydrogen-bond acceptors (Lipinski definition) is 4. The highest BCUT2D eigenvalue weighted by molar-refractivity contribution is 6.06. The normalized spacial score (nSPS) is 16.3. The van der Waals surface area contributed by atoms with Crippen molar-refractivity contribution in [3.63, 3.8) is 0 Å². The number of benzene rings is 1. The molecule has 1 amide bonds. The number of H-pyrrole nitrogens is 1. The summed E-state index contributed by atoms with van der Waals surface area (Å²) in [5.74, 6) is -3.35. The lowest BCUT2D eigenvalue weighted by atomic mass is 9.88. The summed E-state index contributed by atoms with van der Waals surface area (Å²) < 4.78 is 32.3. The summed E-state index contributed by atoms with van der Waals surface area (Å²) in [7, 11) is 0. The van der Waals surface area contributed by atoms with E-state index in [-0.39, 0.29) is 22.4 Å². The van der Waals surface area contributed by atoms with Gasteiger partial charge in [-0.15, -0.1) is 0 Å². The molecule has 2 heterocycles. The van der Waals surface area contributed by atoms with Crippen molar-refractivity contribution in [2.45, 2.75) is 31.7 Å². The molecule has 4 rings (SSSR count). The molecule has 0 bridgehead atoms. The highest BCUT2D eigenvalue weighted by atomic mass is 19.3. The molecule has 1 fully saturated rings. The molecule has 0 unspecified atom stereocenters. The Hall–Kier alpha value is -3.23. The fourth-order valence-electron chi connectivity index (χ4n) is 3.30. The Balaban J connectivity index is 1.82. The summed E-state index contributed by atoms with van der Waals surface area (Å²) in [4.78, 5) is 40.3. The van der Waals surface area contributed by atoms with Gasteiger partial charge in [-0.05, 0) is 19.1 Å². The smallest absolute Gasteiger partial charge is 0.335 e. The van der Waals surface area contributed by atoms with E-state index in [4.69, 9.17) is 4.42 Å². The predicted octanol–water partition coefficient (Wildman–Crippen LogP) is 2.11. The molecule has 2 N–H and O–H groups in total. The number of alkyl halides is 2. The molecular formula is C18H15F2N3O4. The van der Waals surface area contributed by atoms with E-state index in [0.29, 0.717) is 5.69 Å². The number of carbonyl (C=O) groups is 1. The van der Waals surface area contributed by atoms with Crippen molar-refractivity contribution in [2.24, 2.45) is 0 Å². The Bertz CT molecular complexity index is 1150. The Morgan fingerprint density at radius 3 is 2.56 bits per heavy atom. The number of carbonyl (C=O) groups excluding carboxylic acids is 1. The lowest BCUT2D eigenvalue weighted by molar-refractivity contribution is -0.0901. The summed E-state index contributed by atoms with van der Waals surface area (Å²) in [5.41, 5.74) is -1.29. The molecule has 1 aliphatic carbocycles. The molecule has 9 heteroatoms. The number of aromatic amines is 1. The van der Waals surface area contributed by atoms with Crippen LogP contribution in [0.3, 0.4) is 0 Å². The third-order valence-corrected chi connectivity index (χ3v) is 4.59. The Labute approximate surface area is 150 Å². The van der Waals surface area contributed by atoms with E-state index < -0.39 is 42.0 Å². The van der Waals surface area contributed by atoms with Crippen LogP contribution in [0.5, 0.6) is 0 Å². The fourth-order valence-corrected chi connectivity index (χ4v) is 3.30. The van der Waals surface area contributed by atoms with Gasteiger partial charge >= 0.3 is 5.69 Å². The standard InChI is InChI=1S/C18H15F2N3O4/c1-9-12(14(24)21-10-7-18(19,20)8-10)13-15(27-9)22-17(26)23(16(13)25)11-5-3-2-4-6-11/h2-6,10H,7-8H2,1H3,(H,21,24)(H,22,26). The molecule has 0 radical (unpaired) electrons. The number of nitrogens with one attached hydrogen (secondary N) is 2. The zero-order valence-corrected chi connectivity index (χ0v) is 14.2. The first-order valence-corrected chi connectivity index (χ1v) is 8.29. The predicted molar refractivity (Wildman–Crippen MR) is 92.6 cm³/mol. The topological polar surface area (TPSA) is 97.1 Å². The summed E-state index contributed by atoms with van der Waals surface area (Å²) in [6, 6.07) is 7.54. The molecule has 7 nitrogen and oxygen atoms in total. The molecule has 140 valence electrons. The number of aryl methyl sites for hydroxylation is 1. The van der Waals surface area contributed by atoms with E-state index in [1.807, 2.05) is 0 Å². The van der Waals surface area contributed by atoms with Crippen LogP contribution in [0.15, 0.2) is 44.3 Å². The minimum Gasteiger partial charge on any atom is -0.444 e. The van der Waals surface area contributed by atoms with Crippen LogP contribution in [0.1, 0.15) is 29.0 Å². The van der Waals surface area contributed by atoms with Crippen molar-refractivity contribution in [3.8, 4) is 5.69 Å². The quantitative estimate of drug-likeness (QED) is 0.733. The molecule has 0 atom stereocenters. The highest BCUT2D eigenvalue weighted by Crippen LogP contribution is 2.37. The Morgan fingerprint density at radius 2 is 1.93 bits per heavy atom. The number of nitrogens with zero attached hydrogens (tertiary/aromatic N) is 1. The summed E-state index contributed by atoms with van der Waals surface area (Å²) in [6.07, 6.45) is -0.892. The van der Waals surface area contributed by atoms with Crippen molar-refractivity contribution in [1.82, 2.24) is 14.9 Å². The number of rotatable bonds is 3. The van der Waals surface area contributed by atoms with Gasteiger partial charge in [-0.1, -0.05) is 18.2 Å². The second-order valence-electron chi connectivity index (χ2n) is 6.58. The molecule has 1 aliphatic rings. The highest BCUT2D eigenvalue weighted by Gasteiger charge is 2.46. The maximum Gasteiger partial charge on any atom is 0.335 e. The first-order valence-electron chi connectivity index (χ1n) is 8.29. The van der Waals surface area contributed by atoms with Crippen LogP contribution in [-0.2, 0) is 0 Å². The van der Waals surface area contributed by atoms with E-state index in [9.17, 15) is 23.2 Å². The zero-order chi connectivity index (χ0) is 19.3. The van der Waals surface area contributed by atoms with Crippen molar-refractivity contribution in [1.29, 1.82) is 0 Å². The number of amides is 1. The van der Waals surface area contributed by atoms with Gasteiger partial charge in [0.25, 0.3) is 17.4 Å². The van der Waals surface area contributed by atoms with Gasteiger partial charge in [0.2, 0.25) is 5.71 Å². The van der Waals surface area contributed by atoms with Crippen LogP contribution < -0.4 is 16.6 Å². The molecule has 27 heavy (non-hydrogen) atoms. The average Bonchev–Trinajstić information content (AvgIpc) is 2.90. The maximum absolute atomic E-state index is 13.0. The van der Waals surface area contributed by atoms with E-state index in [2.05, 4.69) is 10.3 Å². The summed E-state index contributed by atoms with van der Waals surface area (Å²) in [6.45, 7) is 1.47. The van der Waals surface area contributed by atoms with Crippen molar-refractivity contribution in [3.05, 3.63) is 62.5 Å². The van der Waals surface area contributed by atoms with Gasteiger partial charge in [0.15, 0.2) is 0 Å². The van der Waals surface area contributed by atoms with E-state index >= 15 is 0 Å². The van der Waals surface area contributed by atoms with Gasteiger partial charge in [0, 0.05) is 18.9 Å². The average molecular weight is 375 g/mol. The SMILES string of the molecule is Cc1oc2[nH]c(=O)n(-c3ccccc3)c(=O)c2c1C(=O)NC1CC(F)(F)C1. The minimum atomic E-state index is -2.78. The fraction of sp³-hybridized carbons (Fsp3) is 0.278. The third-order valence-electron chi connectivity index (χ3n) is 4.59. The van der Waals surface area contributed by atoms with Crippen LogP contribution in [0, 0.1) is 6.92 Å². The number of para-hydroxylation sites is 1. The van der Waals surface area contributed by atoms with Gasteiger partial charge < -0.3 is 9.73 Å². The van der Waals surface area contributed by atoms with Gasteiger partial charge in [-0.3, -0.25) is 14.6 Å². The molecule has 1 saturated carbocycles. The van der Waals surface area contributed by atoms with Crippen LogP contribution in [0.2, 0.25) is 0 Å². The number of fused-ring (bicyclic) bond motifs is 1. The van der Waals surface area contributed by atoms with Crippen molar-refractivity contribution in [2.75, 3.05) is 0 Å². The zero-order valence-electron chi connectivity index (χ0n) is 14.2. The number of hydrogen-bond donors (Lipinski definition) is 2. The Kier molecular flexibility index (Phi) is 3.76. The molecule has 0 aliphatic heterocycles.